The van der Waals surface area contributed by atoms with Gasteiger partial charge in [0.2, 0.25) is 0 Å². The van der Waals surface area contributed by atoms with Crippen LogP contribution in [0.4, 0.5) is 0 Å². The van der Waals surface area contributed by atoms with Crippen molar-refractivity contribution >= 4 is 5.97 Å². The second-order valence-electron chi connectivity index (χ2n) is 6.51. The summed E-state index contributed by atoms with van der Waals surface area (Å²) in [6.45, 7) is 9.00. The van der Waals surface area contributed by atoms with Crippen molar-refractivity contribution in [2.24, 2.45) is 0 Å². The highest BCUT2D eigenvalue weighted by Gasteiger charge is 2.59. The van der Waals surface area contributed by atoms with Crippen LogP contribution in [0, 0.1) is 0 Å². The highest BCUT2D eigenvalue weighted by Crippen LogP contribution is 2.41. The normalized spacial score (nSPS) is 43.8. The Hall–Kier alpha value is -0.730. The van der Waals surface area contributed by atoms with E-state index >= 15 is 0 Å². The van der Waals surface area contributed by atoms with Crippen molar-refractivity contribution in [1.82, 2.24) is 0 Å². The van der Waals surface area contributed by atoms with Crippen molar-refractivity contribution in [1.29, 1.82) is 0 Å². The molecule has 3 rings (SSSR count). The lowest BCUT2D eigenvalue weighted by Gasteiger charge is -2.28. The van der Waals surface area contributed by atoms with Gasteiger partial charge in [0, 0.05) is 6.92 Å². The average Bonchev–Trinajstić information content (AvgIpc) is 2.90. The quantitative estimate of drug-likeness (QED) is 0.703. The minimum atomic E-state index is -0.759. The molecule has 21 heavy (non-hydrogen) atoms. The first-order valence-electron chi connectivity index (χ1n) is 7.17. The maximum atomic E-state index is 11.4. The topological polar surface area (TPSA) is 72.5 Å². The van der Waals surface area contributed by atoms with Gasteiger partial charge in [-0.15, -0.1) is 0 Å². The van der Waals surface area contributed by atoms with Crippen molar-refractivity contribution in [2.45, 2.75) is 76.9 Å². The van der Waals surface area contributed by atoms with E-state index in [1.807, 2.05) is 13.8 Å². The van der Waals surface area contributed by atoms with Gasteiger partial charge < -0.3 is 28.4 Å². The Kier molecular flexibility index (Phi) is 3.53. The number of esters is 1. The molecule has 7 nitrogen and oxygen atoms in total. The molecule has 3 fully saturated rings. The molecule has 0 N–H and O–H groups in total. The van der Waals surface area contributed by atoms with E-state index in [1.165, 1.54) is 6.92 Å². The molecule has 3 saturated heterocycles. The molecule has 5 atom stereocenters. The lowest BCUT2D eigenvalue weighted by Crippen LogP contribution is -2.44. The maximum absolute atomic E-state index is 11.4. The molecule has 3 aliphatic heterocycles. The van der Waals surface area contributed by atoms with Crippen LogP contribution in [0.25, 0.3) is 0 Å². The van der Waals surface area contributed by atoms with E-state index in [4.69, 9.17) is 28.4 Å². The minimum Gasteiger partial charge on any atom is -0.457 e. The largest absolute Gasteiger partial charge is 0.457 e. The lowest BCUT2D eigenvalue weighted by atomic mass is 10.1. The summed E-state index contributed by atoms with van der Waals surface area (Å²) in [7, 11) is 0. The molecule has 0 spiro atoms. The summed E-state index contributed by atoms with van der Waals surface area (Å²) in [4.78, 5) is 11.4. The van der Waals surface area contributed by atoms with Crippen LogP contribution >= 0.6 is 0 Å². The third-order valence-corrected chi connectivity index (χ3v) is 3.73. The number of hydrogen-bond donors (Lipinski definition) is 0. The Morgan fingerprint density at radius 2 is 1.76 bits per heavy atom. The standard InChI is InChI=1S/C14H22O7/c1-7(15)17-10-9(8-6-16-13(2,3)19-8)18-12-11(10)20-14(4,5)21-12/h8-12H,6H2,1-5H3/t8?,9-,10?,11?,12+/m1/s1. The van der Waals surface area contributed by atoms with Crippen molar-refractivity contribution in [3.05, 3.63) is 0 Å². The van der Waals surface area contributed by atoms with E-state index in [9.17, 15) is 4.79 Å². The molecule has 7 heteroatoms. The summed E-state index contributed by atoms with van der Waals surface area (Å²) in [6.07, 6.45) is -2.40. The molecule has 0 amide bonds. The molecule has 0 aromatic rings. The molecule has 3 aliphatic rings. The summed E-state index contributed by atoms with van der Waals surface area (Å²) >= 11 is 0. The Balaban J connectivity index is 1.77. The van der Waals surface area contributed by atoms with E-state index in [-0.39, 0.29) is 12.1 Å². The predicted octanol–water partition coefficient (Wildman–Crippen LogP) is 0.946. The van der Waals surface area contributed by atoms with Crippen molar-refractivity contribution in [3.63, 3.8) is 0 Å². The Morgan fingerprint density at radius 1 is 1.05 bits per heavy atom. The summed E-state index contributed by atoms with van der Waals surface area (Å²) in [5.74, 6) is -1.82. The number of carbonyl (C=O) groups is 1. The molecular formula is C14H22O7. The van der Waals surface area contributed by atoms with Crippen LogP contribution in [0.5, 0.6) is 0 Å². The number of fused-ring (bicyclic) bond motifs is 1. The fraction of sp³-hybridized carbons (Fsp3) is 0.929. The van der Waals surface area contributed by atoms with E-state index in [2.05, 4.69) is 0 Å². The van der Waals surface area contributed by atoms with Gasteiger partial charge in [0.15, 0.2) is 30.1 Å². The van der Waals surface area contributed by atoms with Crippen molar-refractivity contribution in [2.75, 3.05) is 6.61 Å². The molecule has 120 valence electrons. The third-order valence-electron chi connectivity index (χ3n) is 3.73. The van der Waals surface area contributed by atoms with E-state index in [0.29, 0.717) is 6.61 Å². The second kappa shape index (κ2) is 4.89. The molecule has 3 unspecified atom stereocenters. The number of rotatable bonds is 2. The zero-order valence-corrected chi connectivity index (χ0v) is 13.0. The zero-order chi connectivity index (χ0) is 15.4. The highest BCUT2D eigenvalue weighted by molar-refractivity contribution is 5.66. The summed E-state index contributed by atoms with van der Waals surface area (Å²) in [5.41, 5.74) is 0. The van der Waals surface area contributed by atoms with Gasteiger partial charge in [-0.1, -0.05) is 0 Å². The first kappa shape index (κ1) is 15.2. The molecule has 0 saturated carbocycles. The first-order valence-corrected chi connectivity index (χ1v) is 7.17. The van der Waals surface area contributed by atoms with E-state index < -0.39 is 36.2 Å². The molecule has 0 aromatic carbocycles. The van der Waals surface area contributed by atoms with Gasteiger partial charge in [0.1, 0.15) is 12.2 Å². The van der Waals surface area contributed by atoms with Gasteiger partial charge in [-0.3, -0.25) is 4.79 Å². The number of carbonyl (C=O) groups excluding carboxylic acids is 1. The van der Waals surface area contributed by atoms with Crippen LogP contribution in [-0.4, -0.2) is 54.9 Å². The van der Waals surface area contributed by atoms with Crippen LogP contribution in [0.1, 0.15) is 34.6 Å². The predicted molar refractivity (Wildman–Crippen MR) is 69.2 cm³/mol. The molecule has 0 radical (unpaired) electrons. The fourth-order valence-corrected chi connectivity index (χ4v) is 3.01. The van der Waals surface area contributed by atoms with Gasteiger partial charge in [-0.2, -0.15) is 0 Å². The van der Waals surface area contributed by atoms with Crippen LogP contribution < -0.4 is 0 Å². The number of hydrogen-bond acceptors (Lipinski definition) is 7. The van der Waals surface area contributed by atoms with Crippen molar-refractivity contribution < 1.29 is 33.2 Å². The Bertz CT molecular complexity index is 433. The van der Waals surface area contributed by atoms with Gasteiger partial charge in [-0.25, -0.2) is 0 Å². The lowest BCUT2D eigenvalue weighted by molar-refractivity contribution is -0.235. The zero-order valence-electron chi connectivity index (χ0n) is 13.0. The molecule has 0 bridgehead atoms. The summed E-state index contributed by atoms with van der Waals surface area (Å²) < 4.78 is 34.2. The molecule has 3 heterocycles. The van der Waals surface area contributed by atoms with Crippen LogP contribution in [0.15, 0.2) is 0 Å². The van der Waals surface area contributed by atoms with Crippen LogP contribution in [0.2, 0.25) is 0 Å². The maximum Gasteiger partial charge on any atom is 0.303 e. The second-order valence-corrected chi connectivity index (χ2v) is 6.51. The Labute approximate surface area is 123 Å². The van der Waals surface area contributed by atoms with Crippen LogP contribution in [-0.2, 0) is 33.2 Å². The number of ether oxygens (including phenoxy) is 6. The fourth-order valence-electron chi connectivity index (χ4n) is 3.01. The van der Waals surface area contributed by atoms with E-state index in [1.54, 1.807) is 13.8 Å². The van der Waals surface area contributed by atoms with Gasteiger partial charge in [0.05, 0.1) is 6.61 Å². The third kappa shape index (κ3) is 2.93. The SMILES string of the molecule is CC(=O)OC1C2OC(C)(C)O[C@@H]2O[C@@H]1C1COC(C)(C)O1. The first-order chi connectivity index (χ1) is 9.67. The molecule has 0 aliphatic carbocycles. The van der Waals surface area contributed by atoms with Gasteiger partial charge in [0.25, 0.3) is 0 Å². The minimum absolute atomic E-state index is 0.328. The van der Waals surface area contributed by atoms with E-state index in [0.717, 1.165) is 0 Å². The average molecular weight is 302 g/mol. The summed E-state index contributed by atoms with van der Waals surface area (Å²) in [6, 6.07) is 0. The van der Waals surface area contributed by atoms with Gasteiger partial charge in [-0.05, 0) is 27.7 Å². The smallest absolute Gasteiger partial charge is 0.303 e. The monoisotopic (exact) mass is 302 g/mol. The summed E-state index contributed by atoms with van der Waals surface area (Å²) in [5, 5.41) is 0. The highest BCUT2D eigenvalue weighted by atomic mass is 16.8. The van der Waals surface area contributed by atoms with Gasteiger partial charge >= 0.3 is 5.97 Å². The van der Waals surface area contributed by atoms with Crippen LogP contribution in [0.3, 0.4) is 0 Å². The Morgan fingerprint density at radius 3 is 2.33 bits per heavy atom. The van der Waals surface area contributed by atoms with Crippen molar-refractivity contribution in [3.8, 4) is 0 Å². The molecule has 0 aromatic heterocycles. The molecular weight excluding hydrogens is 280 g/mol.